The zero-order chi connectivity index (χ0) is 21.5. The molecule has 0 saturated carbocycles. The number of nitrogens with one attached hydrogen (secondary N) is 1. The summed E-state index contributed by atoms with van der Waals surface area (Å²) in [5.74, 6) is 2.13. The summed E-state index contributed by atoms with van der Waals surface area (Å²) in [7, 11) is 3.41. The normalized spacial score (nSPS) is 19.8. The Morgan fingerprint density at radius 2 is 1.61 bits per heavy atom. The van der Waals surface area contributed by atoms with Gasteiger partial charge in [0.15, 0.2) is 11.5 Å². The van der Waals surface area contributed by atoms with Crippen molar-refractivity contribution in [2.24, 2.45) is 0 Å². The van der Waals surface area contributed by atoms with Gasteiger partial charge < -0.3 is 14.8 Å². The minimum absolute atomic E-state index is 0.127. The van der Waals surface area contributed by atoms with Gasteiger partial charge in [-0.05, 0) is 58.4 Å². The van der Waals surface area contributed by atoms with Crippen LogP contribution in [-0.4, -0.2) is 25.7 Å². The van der Waals surface area contributed by atoms with Crippen LogP contribution in [0.5, 0.6) is 11.5 Å². The van der Waals surface area contributed by atoms with Crippen LogP contribution in [0.1, 0.15) is 59.8 Å². The number of fused-ring (bicyclic) bond motifs is 5. The second kappa shape index (κ2) is 7.93. The van der Waals surface area contributed by atoms with Crippen LogP contribution in [0, 0.1) is 0 Å². The van der Waals surface area contributed by atoms with Crippen molar-refractivity contribution in [3.05, 3.63) is 88.5 Å². The standard InChI is InChI=1S/C27H30N2O2/c1-17(2)18-9-11-19(12-10-18)27-28-23-8-6-5-7-21(23)26-22-16-25(31-4)24(30-3)15-20(22)13-14-29(26)27/h5-12,15-17,26-28H,13-14H2,1-4H3/t26-,27-/m0/s1. The van der Waals surface area contributed by atoms with Crippen molar-refractivity contribution in [3.8, 4) is 11.5 Å². The van der Waals surface area contributed by atoms with E-state index in [4.69, 9.17) is 9.47 Å². The van der Waals surface area contributed by atoms with E-state index in [1.165, 1.54) is 33.5 Å². The Balaban J connectivity index is 1.63. The summed E-state index contributed by atoms with van der Waals surface area (Å²) in [6.07, 6.45) is 1.11. The first-order valence-electron chi connectivity index (χ1n) is 11.1. The van der Waals surface area contributed by atoms with Gasteiger partial charge in [0, 0.05) is 12.2 Å². The second-order valence-corrected chi connectivity index (χ2v) is 8.75. The summed E-state index contributed by atoms with van der Waals surface area (Å²) in [6, 6.07) is 22.3. The molecule has 0 aromatic heterocycles. The number of anilines is 1. The molecule has 0 fully saturated rings. The molecule has 5 rings (SSSR count). The van der Waals surface area contributed by atoms with Crippen molar-refractivity contribution in [3.63, 3.8) is 0 Å². The molecule has 0 amide bonds. The molecule has 3 aromatic carbocycles. The molecule has 2 heterocycles. The number of rotatable bonds is 4. The van der Waals surface area contributed by atoms with Crippen molar-refractivity contribution in [1.82, 2.24) is 4.90 Å². The predicted octanol–water partition coefficient (Wildman–Crippen LogP) is 5.90. The molecule has 0 bridgehead atoms. The number of para-hydroxylation sites is 1. The van der Waals surface area contributed by atoms with Gasteiger partial charge in [-0.25, -0.2) is 0 Å². The minimum atomic E-state index is 0.127. The van der Waals surface area contributed by atoms with Crippen LogP contribution >= 0.6 is 0 Å². The highest BCUT2D eigenvalue weighted by molar-refractivity contribution is 5.61. The minimum Gasteiger partial charge on any atom is -0.493 e. The first kappa shape index (κ1) is 20.0. The summed E-state index contributed by atoms with van der Waals surface area (Å²) in [5, 5.41) is 3.81. The largest absolute Gasteiger partial charge is 0.493 e. The average molecular weight is 415 g/mol. The van der Waals surface area contributed by atoms with Gasteiger partial charge in [-0.1, -0.05) is 56.3 Å². The number of ether oxygens (including phenoxy) is 2. The summed E-state index contributed by atoms with van der Waals surface area (Å²) in [4.78, 5) is 2.58. The van der Waals surface area contributed by atoms with E-state index in [1.54, 1.807) is 14.2 Å². The third-order valence-electron chi connectivity index (χ3n) is 6.71. The molecule has 0 spiro atoms. The SMILES string of the molecule is COc1cc2c(cc1OC)[C@@H]1c3ccccc3N[C@H](c3ccc(C(C)C)cc3)N1CC2. The molecule has 4 heteroatoms. The maximum Gasteiger partial charge on any atom is 0.161 e. The van der Waals surface area contributed by atoms with Crippen molar-refractivity contribution in [1.29, 1.82) is 0 Å². The van der Waals surface area contributed by atoms with E-state index >= 15 is 0 Å². The van der Waals surface area contributed by atoms with Gasteiger partial charge in [-0.15, -0.1) is 0 Å². The van der Waals surface area contributed by atoms with E-state index in [0.29, 0.717) is 5.92 Å². The Bertz CT molecular complexity index is 1090. The van der Waals surface area contributed by atoms with Crippen LogP contribution < -0.4 is 14.8 Å². The Labute approximate surface area is 184 Å². The maximum absolute atomic E-state index is 5.66. The Kier molecular flexibility index (Phi) is 5.11. The molecule has 2 atom stereocenters. The third kappa shape index (κ3) is 3.35. The van der Waals surface area contributed by atoms with E-state index < -0.39 is 0 Å². The lowest BCUT2D eigenvalue weighted by Crippen LogP contribution is -2.45. The van der Waals surface area contributed by atoms with Gasteiger partial charge in [0.1, 0.15) is 6.17 Å². The molecular weight excluding hydrogens is 384 g/mol. The van der Waals surface area contributed by atoms with Crippen LogP contribution in [0.25, 0.3) is 0 Å². The highest BCUT2D eigenvalue weighted by Gasteiger charge is 2.39. The summed E-state index contributed by atoms with van der Waals surface area (Å²) in [5.41, 5.74) is 7.83. The highest BCUT2D eigenvalue weighted by Crippen LogP contribution is 2.48. The Morgan fingerprint density at radius 3 is 2.32 bits per heavy atom. The van der Waals surface area contributed by atoms with Gasteiger partial charge in [-0.2, -0.15) is 0 Å². The molecule has 2 aliphatic rings. The number of nitrogens with zero attached hydrogens (tertiary/aromatic N) is 1. The first-order chi connectivity index (χ1) is 15.1. The van der Waals surface area contributed by atoms with Gasteiger partial charge >= 0.3 is 0 Å². The molecule has 3 aromatic rings. The second-order valence-electron chi connectivity index (χ2n) is 8.75. The smallest absolute Gasteiger partial charge is 0.161 e. The lowest BCUT2D eigenvalue weighted by molar-refractivity contribution is 0.153. The van der Waals surface area contributed by atoms with Gasteiger partial charge in [0.25, 0.3) is 0 Å². The van der Waals surface area contributed by atoms with Gasteiger partial charge in [0.2, 0.25) is 0 Å². The van der Waals surface area contributed by atoms with Gasteiger partial charge in [-0.3, -0.25) is 4.90 Å². The fourth-order valence-corrected chi connectivity index (χ4v) is 5.02. The summed E-state index contributed by atoms with van der Waals surface area (Å²) < 4.78 is 11.2. The maximum atomic E-state index is 5.66. The van der Waals surface area contributed by atoms with E-state index in [-0.39, 0.29) is 12.2 Å². The predicted molar refractivity (Wildman–Crippen MR) is 125 cm³/mol. The van der Waals surface area contributed by atoms with Crippen molar-refractivity contribution in [2.45, 2.75) is 38.4 Å². The molecule has 0 saturated heterocycles. The number of hydrogen-bond donors (Lipinski definition) is 1. The van der Waals surface area contributed by atoms with Gasteiger partial charge in [0.05, 0.1) is 20.3 Å². The zero-order valence-electron chi connectivity index (χ0n) is 18.7. The zero-order valence-corrected chi connectivity index (χ0v) is 18.7. The van der Waals surface area contributed by atoms with Crippen molar-refractivity contribution >= 4 is 5.69 Å². The quantitative estimate of drug-likeness (QED) is 0.576. The Morgan fingerprint density at radius 1 is 0.903 bits per heavy atom. The van der Waals surface area contributed by atoms with E-state index in [2.05, 4.69) is 84.7 Å². The fraction of sp³-hybridized carbons (Fsp3) is 0.333. The van der Waals surface area contributed by atoms with E-state index in [9.17, 15) is 0 Å². The van der Waals surface area contributed by atoms with Crippen molar-refractivity contribution < 1.29 is 9.47 Å². The van der Waals surface area contributed by atoms with Crippen molar-refractivity contribution in [2.75, 3.05) is 26.1 Å². The molecular formula is C27H30N2O2. The molecule has 31 heavy (non-hydrogen) atoms. The van der Waals surface area contributed by atoms with E-state index in [1.807, 2.05) is 0 Å². The lowest BCUT2D eigenvalue weighted by atomic mass is 9.84. The molecule has 0 unspecified atom stereocenters. The number of methoxy groups -OCH3 is 2. The van der Waals surface area contributed by atoms with Crippen LogP contribution in [0.2, 0.25) is 0 Å². The Hall–Kier alpha value is -2.98. The first-order valence-corrected chi connectivity index (χ1v) is 11.1. The summed E-state index contributed by atoms with van der Waals surface area (Å²) >= 11 is 0. The molecule has 0 aliphatic carbocycles. The molecule has 2 aliphatic heterocycles. The van der Waals surface area contributed by atoms with Crippen LogP contribution in [-0.2, 0) is 6.42 Å². The topological polar surface area (TPSA) is 33.7 Å². The third-order valence-corrected chi connectivity index (χ3v) is 6.71. The molecule has 4 nitrogen and oxygen atoms in total. The fourth-order valence-electron chi connectivity index (χ4n) is 5.02. The molecule has 160 valence electrons. The molecule has 1 N–H and O–H groups in total. The van der Waals surface area contributed by atoms with Crippen LogP contribution in [0.4, 0.5) is 5.69 Å². The number of hydrogen-bond acceptors (Lipinski definition) is 4. The van der Waals surface area contributed by atoms with Crippen LogP contribution in [0.15, 0.2) is 60.7 Å². The highest BCUT2D eigenvalue weighted by atomic mass is 16.5. The number of benzene rings is 3. The lowest BCUT2D eigenvalue weighted by Gasteiger charge is -2.47. The van der Waals surface area contributed by atoms with E-state index in [0.717, 1.165) is 24.5 Å². The average Bonchev–Trinajstić information content (AvgIpc) is 2.82. The molecule has 0 radical (unpaired) electrons. The summed E-state index contributed by atoms with van der Waals surface area (Å²) in [6.45, 7) is 5.46. The van der Waals surface area contributed by atoms with Crippen LogP contribution in [0.3, 0.4) is 0 Å². The monoisotopic (exact) mass is 414 g/mol.